The summed E-state index contributed by atoms with van der Waals surface area (Å²) in [5.74, 6) is -0.714. The maximum Gasteiger partial charge on any atom is 0.303 e. The van der Waals surface area contributed by atoms with Gasteiger partial charge in [0.25, 0.3) is 5.91 Å². The Morgan fingerprint density at radius 1 is 1.08 bits per heavy atom. The van der Waals surface area contributed by atoms with Crippen molar-refractivity contribution in [1.29, 1.82) is 0 Å². The summed E-state index contributed by atoms with van der Waals surface area (Å²) in [5.41, 5.74) is 0.327. The van der Waals surface area contributed by atoms with Gasteiger partial charge in [0.15, 0.2) is 0 Å². The molecule has 9 heteroatoms. The zero-order valence-electron chi connectivity index (χ0n) is 14.0. The smallest absolute Gasteiger partial charge is 0.303 e. The molecule has 0 saturated carbocycles. The Morgan fingerprint density at radius 2 is 1.81 bits per heavy atom. The number of hydrogen-bond donors (Lipinski definition) is 3. The van der Waals surface area contributed by atoms with E-state index in [1.54, 1.807) is 12.1 Å². The van der Waals surface area contributed by atoms with Crippen molar-refractivity contribution < 1.29 is 27.5 Å². The number of unbranched alkanes of at least 4 members (excludes halogenated alkanes) is 1. The highest BCUT2D eigenvalue weighted by atomic mass is 32.2. The summed E-state index contributed by atoms with van der Waals surface area (Å²) >= 11 is 0. The number of amides is 1. The van der Waals surface area contributed by atoms with E-state index in [1.165, 1.54) is 30.5 Å². The summed E-state index contributed by atoms with van der Waals surface area (Å²) in [4.78, 5) is 22.4. The molecule has 2 rings (SSSR count). The van der Waals surface area contributed by atoms with Gasteiger partial charge in [0.05, 0.1) is 17.7 Å². The average Bonchev–Trinajstić information content (AvgIpc) is 3.13. The Balaban J connectivity index is 1.86. The Kier molecular flexibility index (Phi) is 6.93. The van der Waals surface area contributed by atoms with E-state index in [0.717, 1.165) is 0 Å². The van der Waals surface area contributed by atoms with Crippen LogP contribution in [0.2, 0.25) is 0 Å². The van der Waals surface area contributed by atoms with Crippen LogP contribution in [0.25, 0.3) is 0 Å². The maximum atomic E-state index is 12.2. The quantitative estimate of drug-likeness (QED) is 0.539. The van der Waals surface area contributed by atoms with Gasteiger partial charge in [0.2, 0.25) is 10.0 Å². The van der Waals surface area contributed by atoms with Crippen LogP contribution >= 0.6 is 0 Å². The van der Waals surface area contributed by atoms with Crippen LogP contribution in [0, 0.1) is 0 Å². The van der Waals surface area contributed by atoms with Gasteiger partial charge in [0, 0.05) is 18.5 Å². The fourth-order valence-corrected chi connectivity index (χ4v) is 3.15. The SMILES string of the molecule is O=C(O)CCCCNC(=O)c1ccc(S(=O)(=O)NCc2ccco2)cc1. The number of aliphatic carboxylic acids is 1. The minimum atomic E-state index is -3.71. The first-order chi connectivity index (χ1) is 12.4. The Bertz CT molecular complexity index is 829. The molecule has 2 aromatic rings. The molecule has 0 spiro atoms. The van der Waals surface area contributed by atoms with Crippen LogP contribution < -0.4 is 10.0 Å². The van der Waals surface area contributed by atoms with Crippen molar-refractivity contribution in [2.75, 3.05) is 6.54 Å². The molecule has 0 aliphatic carbocycles. The fraction of sp³-hybridized carbons (Fsp3) is 0.294. The molecule has 1 aromatic heterocycles. The summed E-state index contributed by atoms with van der Waals surface area (Å²) in [6, 6.07) is 8.88. The van der Waals surface area contributed by atoms with E-state index in [1.807, 2.05) is 0 Å². The van der Waals surface area contributed by atoms with Gasteiger partial charge in [0.1, 0.15) is 5.76 Å². The van der Waals surface area contributed by atoms with Crippen LogP contribution in [0.3, 0.4) is 0 Å². The second kappa shape index (κ2) is 9.16. The van der Waals surface area contributed by atoms with Crippen LogP contribution in [0.4, 0.5) is 0 Å². The summed E-state index contributed by atoms with van der Waals surface area (Å²) in [6.07, 6.45) is 2.56. The summed E-state index contributed by atoms with van der Waals surface area (Å²) < 4.78 is 31.9. The van der Waals surface area contributed by atoms with Crippen molar-refractivity contribution in [3.63, 3.8) is 0 Å². The maximum absolute atomic E-state index is 12.2. The molecule has 0 unspecified atom stereocenters. The first kappa shape index (κ1) is 19.7. The van der Waals surface area contributed by atoms with Crippen molar-refractivity contribution in [3.8, 4) is 0 Å². The molecule has 0 saturated heterocycles. The lowest BCUT2D eigenvalue weighted by Crippen LogP contribution is -2.25. The molecular weight excluding hydrogens is 360 g/mol. The van der Waals surface area contributed by atoms with Crippen LogP contribution in [0.5, 0.6) is 0 Å². The lowest BCUT2D eigenvalue weighted by atomic mass is 10.2. The number of hydrogen-bond acceptors (Lipinski definition) is 5. The number of carboxylic acids is 1. The molecule has 1 aromatic carbocycles. The van der Waals surface area contributed by atoms with Crippen molar-refractivity contribution in [2.45, 2.75) is 30.7 Å². The standard InChI is InChI=1S/C17H20N2O6S/c20-16(21)5-1-2-10-18-17(22)13-6-8-15(9-7-13)26(23,24)19-12-14-4-3-11-25-14/h3-4,6-9,11,19H,1-2,5,10,12H2,(H,18,22)(H,20,21). The number of benzene rings is 1. The van der Waals surface area contributed by atoms with E-state index in [4.69, 9.17) is 9.52 Å². The first-order valence-corrected chi connectivity index (χ1v) is 9.49. The molecular formula is C17H20N2O6S. The van der Waals surface area contributed by atoms with E-state index >= 15 is 0 Å². The number of carboxylic acid groups (broad SMARTS) is 1. The zero-order valence-corrected chi connectivity index (χ0v) is 14.8. The number of rotatable bonds is 10. The van der Waals surface area contributed by atoms with E-state index in [-0.39, 0.29) is 23.8 Å². The average molecular weight is 380 g/mol. The highest BCUT2D eigenvalue weighted by molar-refractivity contribution is 7.89. The molecule has 1 heterocycles. The van der Waals surface area contributed by atoms with Gasteiger partial charge >= 0.3 is 5.97 Å². The highest BCUT2D eigenvalue weighted by Crippen LogP contribution is 2.12. The molecule has 0 aliphatic rings. The number of sulfonamides is 1. The number of carbonyl (C=O) groups excluding carboxylic acids is 1. The van der Waals surface area contributed by atoms with Crippen LogP contribution in [-0.2, 0) is 21.4 Å². The minimum Gasteiger partial charge on any atom is -0.481 e. The van der Waals surface area contributed by atoms with Crippen LogP contribution in [0.15, 0.2) is 52.0 Å². The topological polar surface area (TPSA) is 126 Å². The monoisotopic (exact) mass is 380 g/mol. The van der Waals surface area contributed by atoms with Crippen molar-refractivity contribution in [2.24, 2.45) is 0 Å². The van der Waals surface area contributed by atoms with Gasteiger partial charge in [-0.05, 0) is 49.2 Å². The van der Waals surface area contributed by atoms with E-state index in [0.29, 0.717) is 30.7 Å². The summed E-state index contributed by atoms with van der Waals surface area (Å²) in [7, 11) is -3.71. The minimum absolute atomic E-state index is 0.0356. The lowest BCUT2D eigenvalue weighted by molar-refractivity contribution is -0.137. The third-order valence-corrected chi connectivity index (χ3v) is 4.96. The molecule has 0 atom stereocenters. The van der Waals surface area contributed by atoms with Gasteiger partial charge in [-0.15, -0.1) is 0 Å². The molecule has 8 nitrogen and oxygen atoms in total. The van der Waals surface area contributed by atoms with E-state index < -0.39 is 16.0 Å². The fourth-order valence-electron chi connectivity index (χ4n) is 2.15. The van der Waals surface area contributed by atoms with Gasteiger partial charge in [-0.25, -0.2) is 13.1 Å². The normalized spacial score (nSPS) is 11.2. The predicted octanol–water partition coefficient (Wildman–Crippen LogP) is 1.74. The number of nitrogens with one attached hydrogen (secondary N) is 2. The molecule has 0 radical (unpaired) electrons. The van der Waals surface area contributed by atoms with Gasteiger partial charge < -0.3 is 14.8 Å². The molecule has 0 bridgehead atoms. The molecule has 0 aliphatic heterocycles. The second-order valence-corrected chi connectivity index (χ2v) is 7.30. The first-order valence-electron chi connectivity index (χ1n) is 8.00. The van der Waals surface area contributed by atoms with E-state index in [9.17, 15) is 18.0 Å². The Morgan fingerprint density at radius 3 is 2.42 bits per heavy atom. The third-order valence-electron chi connectivity index (χ3n) is 3.55. The number of furan rings is 1. The Labute approximate surface area is 151 Å². The molecule has 140 valence electrons. The van der Waals surface area contributed by atoms with Crippen LogP contribution in [-0.4, -0.2) is 31.9 Å². The predicted molar refractivity (Wildman–Crippen MR) is 93.0 cm³/mol. The summed E-state index contributed by atoms with van der Waals surface area (Å²) in [6.45, 7) is 0.394. The van der Waals surface area contributed by atoms with Gasteiger partial charge in [-0.1, -0.05) is 0 Å². The summed E-state index contributed by atoms with van der Waals surface area (Å²) in [5, 5.41) is 11.2. The number of carbonyl (C=O) groups is 2. The highest BCUT2D eigenvalue weighted by Gasteiger charge is 2.15. The third kappa shape index (κ3) is 6.01. The van der Waals surface area contributed by atoms with Crippen LogP contribution in [0.1, 0.15) is 35.4 Å². The molecule has 3 N–H and O–H groups in total. The molecule has 26 heavy (non-hydrogen) atoms. The molecule has 0 fully saturated rings. The van der Waals surface area contributed by atoms with E-state index in [2.05, 4.69) is 10.0 Å². The molecule has 1 amide bonds. The van der Waals surface area contributed by atoms with Crippen molar-refractivity contribution in [1.82, 2.24) is 10.0 Å². The van der Waals surface area contributed by atoms with Crippen molar-refractivity contribution in [3.05, 3.63) is 54.0 Å². The second-order valence-electron chi connectivity index (χ2n) is 5.54. The van der Waals surface area contributed by atoms with Crippen molar-refractivity contribution >= 4 is 21.9 Å². The lowest BCUT2D eigenvalue weighted by Gasteiger charge is -2.07. The van der Waals surface area contributed by atoms with Gasteiger partial charge in [-0.3, -0.25) is 9.59 Å². The zero-order chi connectivity index (χ0) is 19.0. The Hall–Kier alpha value is -2.65. The van der Waals surface area contributed by atoms with Gasteiger partial charge in [-0.2, -0.15) is 0 Å². The largest absolute Gasteiger partial charge is 0.481 e.